The van der Waals surface area contributed by atoms with Crippen molar-refractivity contribution in [1.29, 1.82) is 0 Å². The fourth-order valence-corrected chi connectivity index (χ4v) is 4.01. The van der Waals surface area contributed by atoms with Crippen LogP contribution in [0.3, 0.4) is 0 Å². The number of aliphatic hydroxyl groups is 2. The highest BCUT2D eigenvalue weighted by Gasteiger charge is 2.18. The zero-order valence-corrected chi connectivity index (χ0v) is 20.0. The van der Waals surface area contributed by atoms with Gasteiger partial charge >= 0.3 is 0 Å². The van der Waals surface area contributed by atoms with Gasteiger partial charge in [0.1, 0.15) is 5.69 Å². The first kappa shape index (κ1) is 23.6. The Balaban J connectivity index is 1.73. The van der Waals surface area contributed by atoms with Crippen molar-refractivity contribution in [2.75, 3.05) is 20.2 Å². The molecule has 2 aromatic heterocycles. The topological polar surface area (TPSA) is 91.5 Å². The van der Waals surface area contributed by atoms with Gasteiger partial charge in [0.25, 0.3) is 5.91 Å². The molecule has 0 aliphatic carbocycles. The maximum absolute atomic E-state index is 12.8. The highest BCUT2D eigenvalue weighted by Crippen LogP contribution is 2.31. The Morgan fingerprint density at radius 1 is 1.06 bits per heavy atom. The number of aryl methyl sites for hydroxylation is 1. The molecule has 0 saturated carbocycles. The third-order valence-corrected chi connectivity index (χ3v) is 6.00. The minimum atomic E-state index is -0.941. The van der Waals surface area contributed by atoms with E-state index in [0.29, 0.717) is 12.1 Å². The molecule has 0 fully saturated rings. The van der Waals surface area contributed by atoms with E-state index in [1.54, 1.807) is 33.2 Å². The second-order valence-corrected chi connectivity index (χ2v) is 8.91. The number of fused-ring (bicyclic) bond motifs is 1. The quantitative estimate of drug-likeness (QED) is 0.436. The van der Waals surface area contributed by atoms with E-state index in [1.807, 2.05) is 60.1 Å². The van der Waals surface area contributed by atoms with Crippen molar-refractivity contribution in [3.05, 3.63) is 71.9 Å². The van der Waals surface area contributed by atoms with E-state index in [0.717, 1.165) is 39.0 Å². The Morgan fingerprint density at radius 2 is 1.76 bits per heavy atom. The van der Waals surface area contributed by atoms with Gasteiger partial charge in [-0.1, -0.05) is 24.3 Å². The summed E-state index contributed by atoms with van der Waals surface area (Å²) in [6, 6.07) is 17.3. The maximum atomic E-state index is 12.8. The lowest BCUT2D eigenvalue weighted by molar-refractivity contribution is 0.0765. The van der Waals surface area contributed by atoms with Crippen LogP contribution in [0.25, 0.3) is 33.4 Å². The molecule has 2 heterocycles. The monoisotopic (exact) mass is 458 g/mol. The zero-order valence-electron chi connectivity index (χ0n) is 20.0. The van der Waals surface area contributed by atoms with Crippen molar-refractivity contribution < 1.29 is 15.0 Å². The second kappa shape index (κ2) is 9.37. The minimum Gasteiger partial charge on any atom is -0.395 e. The molecular formula is C27H30N4O3. The normalized spacial score (nSPS) is 11.7. The molecule has 0 aliphatic rings. The first-order valence-electron chi connectivity index (χ1n) is 11.4. The van der Waals surface area contributed by atoms with Crippen molar-refractivity contribution in [2.45, 2.75) is 32.9 Å². The summed E-state index contributed by atoms with van der Waals surface area (Å²) >= 11 is 0. The van der Waals surface area contributed by atoms with E-state index in [1.165, 1.54) is 4.90 Å². The van der Waals surface area contributed by atoms with Gasteiger partial charge in [0.15, 0.2) is 0 Å². The molecule has 0 aliphatic heterocycles. The summed E-state index contributed by atoms with van der Waals surface area (Å²) in [6.45, 7) is 6.45. The summed E-state index contributed by atoms with van der Waals surface area (Å²) in [5, 5.41) is 25.2. The number of hydrogen-bond donors (Lipinski definition) is 2. The predicted octanol–water partition coefficient (Wildman–Crippen LogP) is 4.08. The molecule has 0 unspecified atom stereocenters. The number of aromatic nitrogens is 3. The van der Waals surface area contributed by atoms with Crippen LogP contribution < -0.4 is 0 Å². The number of rotatable bonds is 7. The van der Waals surface area contributed by atoms with E-state index in [9.17, 15) is 9.90 Å². The summed E-state index contributed by atoms with van der Waals surface area (Å²) in [4.78, 5) is 18.7. The smallest absolute Gasteiger partial charge is 0.253 e. The molecule has 1 amide bonds. The number of carbonyl (C=O) groups excluding carboxylic acids is 1. The number of hydrogen-bond acceptors (Lipinski definition) is 5. The Labute approximate surface area is 199 Å². The van der Waals surface area contributed by atoms with Gasteiger partial charge in [-0.3, -0.25) is 14.5 Å². The van der Waals surface area contributed by atoms with Crippen molar-refractivity contribution in [3.8, 4) is 22.5 Å². The zero-order chi connectivity index (χ0) is 24.5. The number of pyridine rings is 1. The summed E-state index contributed by atoms with van der Waals surface area (Å²) in [6.07, 6.45) is 1.71. The van der Waals surface area contributed by atoms with Crippen LogP contribution >= 0.6 is 0 Å². The number of nitrogens with zero attached hydrogens (tertiary/aromatic N) is 4. The third-order valence-electron chi connectivity index (χ3n) is 6.00. The van der Waals surface area contributed by atoms with Crippen molar-refractivity contribution in [2.24, 2.45) is 0 Å². The second-order valence-electron chi connectivity index (χ2n) is 8.91. The van der Waals surface area contributed by atoms with E-state index in [-0.39, 0.29) is 19.1 Å². The van der Waals surface area contributed by atoms with Crippen LogP contribution in [-0.4, -0.2) is 56.0 Å². The standard InChI is InChI=1S/C27H30N4O3/c1-5-31-24-11-10-20(26(33)30(4)14-15-32)16-22(24)25(29-31)19-8-6-18(7-9-19)23-17-21(12-13-28-23)27(2,3)34/h6-13,16-17,32,34H,5,14-15H2,1-4H3. The lowest BCUT2D eigenvalue weighted by Gasteiger charge is -2.18. The lowest BCUT2D eigenvalue weighted by Crippen LogP contribution is -2.29. The Hall–Kier alpha value is -3.55. The third kappa shape index (κ3) is 4.58. The average molecular weight is 459 g/mol. The van der Waals surface area contributed by atoms with Gasteiger partial charge in [-0.2, -0.15) is 5.10 Å². The summed E-state index contributed by atoms with van der Waals surface area (Å²) in [5.41, 5.74) is 4.85. The maximum Gasteiger partial charge on any atom is 0.253 e. The minimum absolute atomic E-state index is 0.0799. The van der Waals surface area contributed by atoms with Gasteiger partial charge < -0.3 is 15.1 Å². The molecule has 2 aromatic carbocycles. The number of benzene rings is 2. The van der Waals surface area contributed by atoms with Crippen molar-refractivity contribution in [1.82, 2.24) is 19.7 Å². The Bertz CT molecular complexity index is 1320. The van der Waals surface area contributed by atoms with E-state index < -0.39 is 5.60 Å². The molecular weight excluding hydrogens is 428 g/mol. The first-order chi connectivity index (χ1) is 16.2. The van der Waals surface area contributed by atoms with Gasteiger partial charge in [0, 0.05) is 48.4 Å². The molecule has 4 rings (SSSR count). The Kier molecular flexibility index (Phi) is 6.50. The molecule has 176 valence electrons. The molecule has 0 saturated heterocycles. The number of carbonyl (C=O) groups is 1. The highest BCUT2D eigenvalue weighted by molar-refractivity contribution is 6.01. The van der Waals surface area contributed by atoms with Gasteiger partial charge in [-0.05, 0) is 56.7 Å². The summed E-state index contributed by atoms with van der Waals surface area (Å²) in [5.74, 6) is -0.140. The van der Waals surface area contributed by atoms with Gasteiger partial charge in [0.2, 0.25) is 0 Å². The summed E-state index contributed by atoms with van der Waals surface area (Å²) in [7, 11) is 1.68. The number of likely N-dealkylation sites (N-methyl/N-ethyl adjacent to an activating group) is 1. The first-order valence-corrected chi connectivity index (χ1v) is 11.4. The highest BCUT2D eigenvalue weighted by atomic mass is 16.3. The van der Waals surface area contributed by atoms with Crippen LogP contribution in [0.15, 0.2) is 60.8 Å². The Morgan fingerprint density at radius 3 is 2.41 bits per heavy atom. The van der Waals surface area contributed by atoms with Gasteiger partial charge in [-0.15, -0.1) is 0 Å². The fraction of sp³-hybridized carbons (Fsp3) is 0.296. The molecule has 0 spiro atoms. The average Bonchev–Trinajstić information content (AvgIpc) is 3.21. The number of aliphatic hydroxyl groups excluding tert-OH is 1. The SMILES string of the molecule is CCn1nc(-c2ccc(-c3cc(C(C)(C)O)ccn3)cc2)c2cc(C(=O)N(C)CCO)ccc21. The van der Waals surface area contributed by atoms with Crippen LogP contribution in [0.2, 0.25) is 0 Å². The van der Waals surface area contributed by atoms with E-state index in [2.05, 4.69) is 4.98 Å². The molecule has 7 nitrogen and oxygen atoms in total. The van der Waals surface area contributed by atoms with E-state index >= 15 is 0 Å². The van der Waals surface area contributed by atoms with Crippen molar-refractivity contribution >= 4 is 16.8 Å². The fourth-order valence-electron chi connectivity index (χ4n) is 4.01. The van der Waals surface area contributed by atoms with Crippen LogP contribution in [0.1, 0.15) is 36.7 Å². The summed E-state index contributed by atoms with van der Waals surface area (Å²) < 4.78 is 1.93. The molecule has 7 heteroatoms. The predicted molar refractivity (Wildman–Crippen MR) is 133 cm³/mol. The molecule has 0 atom stereocenters. The van der Waals surface area contributed by atoms with Crippen LogP contribution in [-0.2, 0) is 12.1 Å². The largest absolute Gasteiger partial charge is 0.395 e. The lowest BCUT2D eigenvalue weighted by atomic mass is 9.97. The van der Waals surface area contributed by atoms with Gasteiger partial charge in [-0.25, -0.2) is 0 Å². The molecule has 34 heavy (non-hydrogen) atoms. The molecule has 4 aromatic rings. The molecule has 0 bridgehead atoms. The van der Waals surface area contributed by atoms with E-state index in [4.69, 9.17) is 10.2 Å². The van der Waals surface area contributed by atoms with Crippen LogP contribution in [0.4, 0.5) is 0 Å². The molecule has 2 N–H and O–H groups in total. The van der Waals surface area contributed by atoms with Gasteiger partial charge in [0.05, 0.1) is 23.4 Å². The van der Waals surface area contributed by atoms with Crippen molar-refractivity contribution in [3.63, 3.8) is 0 Å². The van der Waals surface area contributed by atoms with Crippen LogP contribution in [0, 0.1) is 0 Å². The van der Waals surface area contributed by atoms with Crippen LogP contribution in [0.5, 0.6) is 0 Å². The number of amides is 1. The molecule has 0 radical (unpaired) electrons.